The molecular weight excluding hydrogens is 255 g/mol. The van der Waals surface area contributed by atoms with Crippen molar-refractivity contribution >= 4 is 28.9 Å². The van der Waals surface area contributed by atoms with E-state index >= 15 is 0 Å². The van der Waals surface area contributed by atoms with Crippen LogP contribution >= 0.6 is 23.2 Å². The Bertz CT molecular complexity index is 445. The van der Waals surface area contributed by atoms with Crippen LogP contribution in [0.15, 0.2) is 18.2 Å². The van der Waals surface area contributed by atoms with Gasteiger partial charge in [-0.1, -0.05) is 17.7 Å². The first-order chi connectivity index (χ1) is 7.56. The first-order valence-electron chi connectivity index (χ1n) is 4.15. The Labute approximate surface area is 101 Å². The zero-order chi connectivity index (χ0) is 12.1. The van der Waals surface area contributed by atoms with Gasteiger partial charge in [-0.2, -0.15) is 5.26 Å². The minimum Gasteiger partial charge on any atom is -0.483 e. The summed E-state index contributed by atoms with van der Waals surface area (Å²) in [6.45, 7) is -0.164. The molecule has 0 aromatic heterocycles. The van der Waals surface area contributed by atoms with Crippen LogP contribution in [0.1, 0.15) is 0 Å². The molecule has 0 aliphatic heterocycles. The minimum atomic E-state index is -0.879. The monoisotopic (exact) mass is 260 g/mol. The van der Waals surface area contributed by atoms with E-state index in [0.717, 1.165) is 0 Å². The topological polar surface area (TPSA) is 76.2 Å². The zero-order valence-electron chi connectivity index (χ0n) is 7.89. The molecule has 1 aromatic carbocycles. The molecule has 1 unspecified atom stereocenters. The summed E-state index contributed by atoms with van der Waals surface area (Å²) >= 11 is 11.2. The van der Waals surface area contributed by atoms with Crippen molar-refractivity contribution in [2.45, 2.75) is 5.38 Å². The van der Waals surface area contributed by atoms with Gasteiger partial charge in [0.05, 0.1) is 16.0 Å². The number of nitro groups is 1. The number of halogens is 2. The largest absolute Gasteiger partial charge is 0.483 e. The molecular formula is C9H6Cl2N2O3. The quantitative estimate of drug-likeness (QED) is 0.474. The van der Waals surface area contributed by atoms with Crippen LogP contribution in [0.25, 0.3) is 0 Å². The van der Waals surface area contributed by atoms with Crippen LogP contribution in [0.2, 0.25) is 5.02 Å². The number of alkyl halides is 1. The van der Waals surface area contributed by atoms with Crippen LogP contribution < -0.4 is 4.74 Å². The summed E-state index contributed by atoms with van der Waals surface area (Å²) in [5.74, 6) is -0.0740. The predicted molar refractivity (Wildman–Crippen MR) is 58.9 cm³/mol. The van der Waals surface area contributed by atoms with Gasteiger partial charge in [-0.15, -0.1) is 11.6 Å². The van der Waals surface area contributed by atoms with Gasteiger partial charge in [0.25, 0.3) is 0 Å². The minimum absolute atomic E-state index is 0.0740. The van der Waals surface area contributed by atoms with E-state index in [9.17, 15) is 10.1 Å². The molecule has 0 aliphatic rings. The normalized spacial score (nSPS) is 11.6. The zero-order valence-corrected chi connectivity index (χ0v) is 9.40. The van der Waals surface area contributed by atoms with E-state index in [1.165, 1.54) is 18.2 Å². The first kappa shape index (κ1) is 12.6. The lowest BCUT2D eigenvalue weighted by Gasteiger charge is -2.07. The molecule has 1 rings (SSSR count). The van der Waals surface area contributed by atoms with E-state index in [1.54, 1.807) is 6.07 Å². The van der Waals surface area contributed by atoms with Crippen molar-refractivity contribution in [2.24, 2.45) is 0 Å². The molecule has 1 aromatic rings. The third-order valence-corrected chi connectivity index (χ3v) is 2.18. The van der Waals surface area contributed by atoms with Crippen molar-refractivity contribution in [3.8, 4) is 11.8 Å². The smallest absolute Gasteiger partial charge is 0.312 e. The van der Waals surface area contributed by atoms with Crippen molar-refractivity contribution in [1.82, 2.24) is 0 Å². The summed E-state index contributed by atoms with van der Waals surface area (Å²) in [6, 6.07) is 5.89. The maximum Gasteiger partial charge on any atom is 0.312 e. The molecule has 0 bridgehead atoms. The molecule has 84 valence electrons. The van der Waals surface area contributed by atoms with E-state index in [1.807, 2.05) is 0 Å². The highest BCUT2D eigenvalue weighted by molar-refractivity contribution is 6.32. The van der Waals surface area contributed by atoms with Gasteiger partial charge in [-0.25, -0.2) is 0 Å². The number of nitriles is 1. The lowest BCUT2D eigenvalue weighted by Crippen LogP contribution is -2.10. The molecule has 1 atom stereocenters. The fourth-order valence-corrected chi connectivity index (χ4v) is 1.26. The summed E-state index contributed by atoms with van der Waals surface area (Å²) < 4.78 is 5.05. The molecule has 0 radical (unpaired) electrons. The van der Waals surface area contributed by atoms with Crippen LogP contribution in [0.3, 0.4) is 0 Å². The van der Waals surface area contributed by atoms with Crippen molar-refractivity contribution in [1.29, 1.82) is 5.26 Å². The van der Waals surface area contributed by atoms with Gasteiger partial charge in [0, 0.05) is 6.07 Å². The van der Waals surface area contributed by atoms with Gasteiger partial charge in [-0.3, -0.25) is 10.1 Å². The van der Waals surface area contributed by atoms with E-state index in [0.29, 0.717) is 0 Å². The Morgan fingerprint density at radius 3 is 2.88 bits per heavy atom. The number of para-hydroxylation sites is 1. The average molecular weight is 261 g/mol. The highest BCUT2D eigenvalue weighted by Gasteiger charge is 2.19. The second-order valence-corrected chi connectivity index (χ2v) is 3.69. The fourth-order valence-electron chi connectivity index (χ4n) is 0.978. The molecule has 0 amide bonds. The Balaban J connectivity index is 2.94. The molecule has 0 heterocycles. The van der Waals surface area contributed by atoms with Gasteiger partial charge >= 0.3 is 5.69 Å². The van der Waals surface area contributed by atoms with E-state index < -0.39 is 10.3 Å². The van der Waals surface area contributed by atoms with Gasteiger partial charge in [-0.05, 0) is 6.07 Å². The molecule has 5 nitrogen and oxygen atoms in total. The van der Waals surface area contributed by atoms with Gasteiger partial charge in [0.15, 0.2) is 5.38 Å². The lowest BCUT2D eigenvalue weighted by atomic mass is 10.3. The number of nitrogens with zero attached hydrogens (tertiary/aromatic N) is 2. The van der Waals surface area contributed by atoms with E-state index in [2.05, 4.69) is 0 Å². The molecule has 16 heavy (non-hydrogen) atoms. The van der Waals surface area contributed by atoms with Crippen LogP contribution in [0.5, 0.6) is 5.75 Å². The van der Waals surface area contributed by atoms with E-state index in [4.69, 9.17) is 33.2 Å². The Morgan fingerprint density at radius 1 is 1.62 bits per heavy atom. The SMILES string of the molecule is N#CC(Cl)COc1c(Cl)cccc1[N+](=O)[O-]. The summed E-state index contributed by atoms with van der Waals surface area (Å²) in [7, 11) is 0. The standard InChI is InChI=1S/C9H6Cl2N2O3/c10-6(4-12)5-16-9-7(11)2-1-3-8(9)13(14)15/h1-3,6H,5H2. The summed E-state index contributed by atoms with van der Waals surface area (Å²) in [5, 5.41) is 18.3. The molecule has 0 aliphatic carbocycles. The van der Waals surface area contributed by atoms with Crippen molar-refractivity contribution in [2.75, 3.05) is 6.61 Å². The average Bonchev–Trinajstić information content (AvgIpc) is 2.26. The fraction of sp³-hybridized carbons (Fsp3) is 0.222. The number of rotatable bonds is 4. The summed E-state index contributed by atoms with van der Waals surface area (Å²) in [6.07, 6.45) is 0. The Hall–Kier alpha value is -1.51. The van der Waals surface area contributed by atoms with Gasteiger partial charge in [0.2, 0.25) is 5.75 Å². The van der Waals surface area contributed by atoms with Gasteiger partial charge in [0.1, 0.15) is 6.61 Å². The molecule has 0 spiro atoms. The predicted octanol–water partition coefficient (Wildman–Crippen LogP) is 2.76. The number of hydrogen-bond acceptors (Lipinski definition) is 4. The summed E-state index contributed by atoms with van der Waals surface area (Å²) in [5.41, 5.74) is -0.255. The Morgan fingerprint density at radius 2 is 2.31 bits per heavy atom. The second kappa shape index (κ2) is 5.54. The number of hydrogen-bond donors (Lipinski definition) is 0. The first-order valence-corrected chi connectivity index (χ1v) is 4.97. The Kier molecular flexibility index (Phi) is 4.35. The molecule has 0 N–H and O–H groups in total. The second-order valence-electron chi connectivity index (χ2n) is 2.75. The molecule has 0 saturated carbocycles. The third-order valence-electron chi connectivity index (χ3n) is 1.66. The molecule has 7 heteroatoms. The maximum absolute atomic E-state index is 10.7. The van der Waals surface area contributed by atoms with Crippen molar-refractivity contribution in [3.05, 3.63) is 33.3 Å². The van der Waals surface area contributed by atoms with Crippen molar-refractivity contribution < 1.29 is 9.66 Å². The van der Waals surface area contributed by atoms with Crippen LogP contribution in [0.4, 0.5) is 5.69 Å². The number of nitro benzene ring substituents is 1. The van der Waals surface area contributed by atoms with Crippen molar-refractivity contribution in [3.63, 3.8) is 0 Å². The molecule has 0 saturated heterocycles. The highest BCUT2D eigenvalue weighted by Crippen LogP contribution is 2.34. The lowest BCUT2D eigenvalue weighted by molar-refractivity contribution is -0.385. The van der Waals surface area contributed by atoms with E-state index in [-0.39, 0.29) is 23.1 Å². The van der Waals surface area contributed by atoms with Crippen LogP contribution in [-0.4, -0.2) is 16.9 Å². The number of ether oxygens (including phenoxy) is 1. The third kappa shape index (κ3) is 2.99. The maximum atomic E-state index is 10.7. The van der Waals surface area contributed by atoms with Crippen LogP contribution in [0, 0.1) is 21.4 Å². The van der Waals surface area contributed by atoms with Gasteiger partial charge < -0.3 is 4.74 Å². The number of benzene rings is 1. The summed E-state index contributed by atoms with van der Waals surface area (Å²) in [4.78, 5) is 10.0. The molecule has 0 fully saturated rings. The highest BCUT2D eigenvalue weighted by atomic mass is 35.5. The van der Waals surface area contributed by atoms with Crippen LogP contribution in [-0.2, 0) is 0 Å².